The number of nitrogens with zero attached hydrogens (tertiary/aromatic N) is 5. The Morgan fingerprint density at radius 2 is 1.33 bits per heavy atom. The highest BCUT2D eigenvalue weighted by molar-refractivity contribution is 5.86. The average molecular weight is 797 g/mol. The van der Waals surface area contributed by atoms with Gasteiger partial charge in [0.05, 0.1) is 43.2 Å². The van der Waals surface area contributed by atoms with Gasteiger partial charge in [-0.05, 0) is 105 Å². The van der Waals surface area contributed by atoms with Crippen molar-refractivity contribution in [1.29, 1.82) is 0 Å². The molecular formula is C45H64N8O5. The van der Waals surface area contributed by atoms with Crippen LogP contribution in [0.2, 0.25) is 0 Å². The number of amides is 3. The molecule has 3 aliphatic carbocycles. The fourth-order valence-electron chi connectivity index (χ4n) is 11.2. The molecule has 3 saturated heterocycles. The number of rotatable bonds is 11. The third-order valence-corrected chi connectivity index (χ3v) is 14.7. The molecule has 1 aromatic carbocycles. The number of methoxy groups -OCH3 is 1. The second kappa shape index (κ2) is 16.4. The summed E-state index contributed by atoms with van der Waals surface area (Å²) in [5, 5.41) is 12.8. The van der Waals surface area contributed by atoms with Crippen molar-refractivity contribution in [3.05, 3.63) is 59.6 Å². The lowest BCUT2D eigenvalue weighted by Crippen LogP contribution is -2.54. The van der Waals surface area contributed by atoms with E-state index in [0.717, 1.165) is 120 Å². The molecule has 58 heavy (non-hydrogen) atoms. The van der Waals surface area contributed by atoms with Crippen molar-refractivity contribution in [2.45, 2.75) is 146 Å². The Hall–Kier alpha value is -4.23. The Bertz CT molecular complexity index is 1910. The van der Waals surface area contributed by atoms with Crippen LogP contribution in [-0.4, -0.2) is 109 Å². The first kappa shape index (κ1) is 40.5. The average Bonchev–Trinajstić information content (AvgIpc) is 4.08. The van der Waals surface area contributed by atoms with Crippen LogP contribution < -0.4 is 5.32 Å². The van der Waals surface area contributed by atoms with E-state index in [0.29, 0.717) is 6.54 Å². The van der Waals surface area contributed by atoms with Gasteiger partial charge in [0, 0.05) is 43.5 Å². The van der Waals surface area contributed by atoms with Crippen molar-refractivity contribution in [1.82, 2.24) is 40.0 Å². The zero-order valence-electron chi connectivity index (χ0n) is 35.1. The number of nitrogens with one attached hydrogen (secondary N) is 3. The fraction of sp³-hybridized carbons (Fsp3) is 0.667. The number of aliphatic hydroxyl groups is 1. The van der Waals surface area contributed by atoms with E-state index in [1.54, 1.807) is 0 Å². The van der Waals surface area contributed by atoms with Gasteiger partial charge in [-0.3, -0.25) is 14.5 Å². The van der Waals surface area contributed by atoms with Crippen molar-refractivity contribution in [2.24, 2.45) is 11.8 Å². The lowest BCUT2D eigenvalue weighted by molar-refractivity contribution is -0.141. The largest absolute Gasteiger partial charge is 0.453 e. The number of fused-ring (bicyclic) bond motifs is 3. The zero-order chi connectivity index (χ0) is 40.8. The van der Waals surface area contributed by atoms with Gasteiger partial charge in [-0.2, -0.15) is 0 Å². The molecule has 3 amide bonds. The molecule has 5 heterocycles. The van der Waals surface area contributed by atoms with Gasteiger partial charge in [0.1, 0.15) is 17.7 Å². The standard InChI is InChI=1S/C45H64N8O5/c1-28(2)37(50-43(57)58-5)41(55)52-22-6-9-35(52)40-47-27-36(49-40)45-19-16-44(17-20-45,18-21-45)31-12-10-30(11-13-31)33-26-46-39(48-33)34-8-7-23-53(34)42(56)38(29(3)4)51-24-14-32(54)15-25-51/h10-13,26-29,32,34-35,37-38,54H,6-9,14-25H2,1-5H3,(H,46,48)(H,47,49)(H,50,57)/t34-,35-,37-,38-,44?,45?/m0/s1. The molecule has 9 rings (SSSR count). The first-order valence-corrected chi connectivity index (χ1v) is 22.0. The molecule has 13 heteroatoms. The van der Waals surface area contributed by atoms with Gasteiger partial charge in [-0.25, -0.2) is 14.8 Å². The summed E-state index contributed by atoms with van der Waals surface area (Å²) in [5.41, 5.74) is 4.93. The summed E-state index contributed by atoms with van der Waals surface area (Å²) in [7, 11) is 1.32. The van der Waals surface area contributed by atoms with Gasteiger partial charge in [-0.1, -0.05) is 52.0 Å². The second-order valence-corrected chi connectivity index (χ2v) is 18.7. The van der Waals surface area contributed by atoms with E-state index in [2.05, 4.69) is 63.2 Å². The van der Waals surface area contributed by atoms with Crippen molar-refractivity contribution < 1.29 is 24.2 Å². The molecule has 6 fully saturated rings. The van der Waals surface area contributed by atoms with E-state index in [9.17, 15) is 19.5 Å². The molecule has 3 aromatic rings. The fourth-order valence-corrected chi connectivity index (χ4v) is 11.2. The Morgan fingerprint density at radius 3 is 1.91 bits per heavy atom. The number of hydrogen-bond acceptors (Lipinski definition) is 8. The van der Waals surface area contributed by atoms with Crippen LogP contribution in [0.3, 0.4) is 0 Å². The first-order chi connectivity index (χ1) is 27.9. The van der Waals surface area contributed by atoms with E-state index >= 15 is 0 Å². The maximum Gasteiger partial charge on any atom is 0.407 e. The molecule has 13 nitrogen and oxygen atoms in total. The van der Waals surface area contributed by atoms with E-state index in [-0.39, 0.29) is 58.7 Å². The molecule has 3 saturated carbocycles. The highest BCUT2D eigenvalue weighted by atomic mass is 16.5. The van der Waals surface area contributed by atoms with E-state index < -0.39 is 12.1 Å². The quantitative estimate of drug-likeness (QED) is 0.171. The smallest absolute Gasteiger partial charge is 0.407 e. The van der Waals surface area contributed by atoms with Crippen molar-refractivity contribution in [2.75, 3.05) is 33.3 Å². The Morgan fingerprint density at radius 1 is 0.759 bits per heavy atom. The Kier molecular flexibility index (Phi) is 11.5. The van der Waals surface area contributed by atoms with Gasteiger partial charge in [0.15, 0.2) is 0 Å². The Balaban J connectivity index is 0.906. The molecule has 4 N–H and O–H groups in total. The Labute approximate surface area is 343 Å². The predicted molar refractivity (Wildman–Crippen MR) is 221 cm³/mol. The van der Waals surface area contributed by atoms with Gasteiger partial charge in [0.25, 0.3) is 0 Å². The number of H-pyrrole nitrogens is 2. The van der Waals surface area contributed by atoms with E-state index in [1.165, 1.54) is 18.4 Å². The molecule has 314 valence electrons. The topological polar surface area (TPSA) is 160 Å². The number of aromatic nitrogens is 4. The minimum atomic E-state index is -0.651. The summed E-state index contributed by atoms with van der Waals surface area (Å²) in [6, 6.07) is 8.08. The van der Waals surface area contributed by atoms with Crippen LogP contribution in [0.4, 0.5) is 4.79 Å². The molecule has 0 spiro atoms. The lowest BCUT2D eigenvalue weighted by Gasteiger charge is -2.53. The summed E-state index contributed by atoms with van der Waals surface area (Å²) in [6.07, 6.45) is 14.8. The van der Waals surface area contributed by atoms with Gasteiger partial charge in [-0.15, -0.1) is 0 Å². The number of aliphatic hydroxyl groups excluding tert-OH is 1. The number of aromatic amines is 2. The SMILES string of the molecule is COC(=O)N[C@H](C(=O)N1CCC[C@H]1c1ncc(C23CCC(c4ccc(-c5cnc([C@@H]6CCCN6C(=O)[C@H](C(C)C)N6CCC(O)CC6)[nH]5)cc4)(CC2)CC3)[nH]1)C(C)C. The molecule has 0 unspecified atom stereocenters. The van der Waals surface area contributed by atoms with Crippen molar-refractivity contribution in [3.8, 4) is 11.3 Å². The monoisotopic (exact) mass is 796 g/mol. The minimum Gasteiger partial charge on any atom is -0.453 e. The number of imidazole rings is 2. The van der Waals surface area contributed by atoms with Crippen LogP contribution in [-0.2, 0) is 25.2 Å². The van der Waals surface area contributed by atoms with Crippen LogP contribution in [0, 0.1) is 11.8 Å². The number of ether oxygens (including phenoxy) is 1. The van der Waals surface area contributed by atoms with Crippen molar-refractivity contribution >= 4 is 17.9 Å². The van der Waals surface area contributed by atoms with Crippen LogP contribution in [0.5, 0.6) is 0 Å². The summed E-state index contributed by atoms with van der Waals surface area (Å²) in [4.78, 5) is 63.1. The van der Waals surface area contributed by atoms with E-state index in [4.69, 9.17) is 14.7 Å². The lowest BCUT2D eigenvalue weighted by atomic mass is 9.51. The summed E-state index contributed by atoms with van der Waals surface area (Å²) < 4.78 is 4.81. The van der Waals surface area contributed by atoms with Gasteiger partial charge >= 0.3 is 6.09 Å². The highest BCUT2D eigenvalue weighted by Gasteiger charge is 2.51. The van der Waals surface area contributed by atoms with Gasteiger partial charge < -0.3 is 34.9 Å². The molecule has 0 radical (unpaired) electrons. The van der Waals surface area contributed by atoms with Crippen molar-refractivity contribution in [3.63, 3.8) is 0 Å². The van der Waals surface area contributed by atoms with E-state index in [1.807, 2.05) is 31.1 Å². The maximum absolute atomic E-state index is 14.1. The normalized spacial score (nSPS) is 27.7. The highest BCUT2D eigenvalue weighted by Crippen LogP contribution is 2.58. The number of hydrogen-bond donors (Lipinski definition) is 4. The molecule has 4 atom stereocenters. The predicted octanol–water partition coefficient (Wildman–Crippen LogP) is 6.53. The molecule has 3 aliphatic heterocycles. The molecule has 2 bridgehead atoms. The minimum absolute atomic E-state index is 0.0566. The molecule has 6 aliphatic rings. The summed E-state index contributed by atoms with van der Waals surface area (Å²) >= 11 is 0. The number of alkyl carbamates (subject to hydrolysis) is 1. The third-order valence-electron chi connectivity index (χ3n) is 14.7. The van der Waals surface area contributed by atoms with Crippen LogP contribution in [0.15, 0.2) is 36.7 Å². The zero-order valence-corrected chi connectivity index (χ0v) is 35.1. The molecule has 2 aromatic heterocycles. The molecular weight excluding hydrogens is 733 g/mol. The summed E-state index contributed by atoms with van der Waals surface area (Å²) in [6.45, 7) is 11.0. The number of likely N-dealkylation sites (tertiary alicyclic amines) is 3. The number of carbonyl (C=O) groups is 3. The number of piperidine rings is 1. The van der Waals surface area contributed by atoms with Crippen LogP contribution in [0.1, 0.15) is 140 Å². The number of carbonyl (C=O) groups excluding carboxylic acids is 3. The second-order valence-electron chi connectivity index (χ2n) is 18.7. The summed E-state index contributed by atoms with van der Waals surface area (Å²) in [5.74, 6) is 1.92. The first-order valence-electron chi connectivity index (χ1n) is 22.0. The van der Waals surface area contributed by atoms with Crippen LogP contribution in [0.25, 0.3) is 11.3 Å². The maximum atomic E-state index is 14.1. The van der Waals surface area contributed by atoms with Crippen LogP contribution >= 0.6 is 0 Å². The van der Waals surface area contributed by atoms with Gasteiger partial charge in [0.2, 0.25) is 11.8 Å². The number of benzene rings is 1. The third kappa shape index (κ3) is 7.57.